The minimum atomic E-state index is -0.353. The van der Waals surface area contributed by atoms with Crippen molar-refractivity contribution in [1.29, 1.82) is 0 Å². The number of methoxy groups -OCH3 is 2. The summed E-state index contributed by atoms with van der Waals surface area (Å²) in [5, 5.41) is 6.48. The highest BCUT2D eigenvalue weighted by atomic mass is 35.5. The predicted molar refractivity (Wildman–Crippen MR) is 124 cm³/mol. The Morgan fingerprint density at radius 3 is 2.37 bits per heavy atom. The van der Waals surface area contributed by atoms with Gasteiger partial charge in [-0.1, -0.05) is 11.6 Å². The van der Waals surface area contributed by atoms with E-state index in [-0.39, 0.29) is 11.0 Å². The van der Waals surface area contributed by atoms with E-state index >= 15 is 0 Å². The monoisotopic (exact) mass is 448 g/mol. The largest absolute Gasteiger partial charge is 0.493 e. The highest BCUT2D eigenvalue weighted by Crippen LogP contribution is 2.30. The molecule has 0 bridgehead atoms. The Kier molecular flexibility index (Phi) is 7.36. The van der Waals surface area contributed by atoms with Crippen LogP contribution >= 0.6 is 23.8 Å². The normalized spacial score (nSPS) is 14.2. The molecule has 9 heteroatoms. The summed E-state index contributed by atoms with van der Waals surface area (Å²) in [7, 11) is 5.17. The van der Waals surface area contributed by atoms with Crippen LogP contribution in [0.15, 0.2) is 36.4 Å². The molecule has 30 heavy (non-hydrogen) atoms. The second-order valence-corrected chi connectivity index (χ2v) is 7.75. The quantitative estimate of drug-likeness (QED) is 0.680. The van der Waals surface area contributed by atoms with E-state index in [1.165, 1.54) is 14.2 Å². The number of anilines is 2. The van der Waals surface area contributed by atoms with E-state index < -0.39 is 0 Å². The molecular formula is C21H25ClN4O3S. The van der Waals surface area contributed by atoms with E-state index in [1.54, 1.807) is 18.2 Å². The fourth-order valence-electron chi connectivity index (χ4n) is 3.20. The number of ether oxygens (including phenoxy) is 2. The molecular weight excluding hydrogens is 424 g/mol. The van der Waals surface area contributed by atoms with Crippen LogP contribution in [-0.2, 0) is 0 Å². The van der Waals surface area contributed by atoms with Gasteiger partial charge in [0, 0.05) is 37.4 Å². The zero-order valence-corrected chi connectivity index (χ0v) is 18.8. The Hall–Kier alpha value is -2.55. The number of nitrogens with one attached hydrogen (secondary N) is 2. The second-order valence-electron chi connectivity index (χ2n) is 6.93. The number of carbonyl (C=O) groups is 1. The van der Waals surface area contributed by atoms with Crippen LogP contribution in [0.5, 0.6) is 11.5 Å². The molecule has 2 aromatic rings. The molecule has 0 atom stereocenters. The molecule has 1 amide bonds. The van der Waals surface area contributed by atoms with Crippen LogP contribution in [0.3, 0.4) is 0 Å². The van der Waals surface area contributed by atoms with Crippen LogP contribution in [0.4, 0.5) is 11.4 Å². The molecule has 0 radical (unpaired) electrons. The highest BCUT2D eigenvalue weighted by molar-refractivity contribution is 7.80. The summed E-state index contributed by atoms with van der Waals surface area (Å²) >= 11 is 11.8. The third kappa shape index (κ3) is 5.33. The van der Waals surface area contributed by atoms with Gasteiger partial charge in [0.2, 0.25) is 0 Å². The van der Waals surface area contributed by atoms with Gasteiger partial charge in [-0.3, -0.25) is 10.1 Å². The third-order valence-corrected chi connectivity index (χ3v) is 5.43. The van der Waals surface area contributed by atoms with Crippen molar-refractivity contribution in [1.82, 2.24) is 10.2 Å². The molecule has 1 saturated heterocycles. The minimum absolute atomic E-state index is 0.179. The van der Waals surface area contributed by atoms with Crippen molar-refractivity contribution in [2.24, 2.45) is 0 Å². The van der Waals surface area contributed by atoms with Gasteiger partial charge in [-0.2, -0.15) is 0 Å². The van der Waals surface area contributed by atoms with Crippen LogP contribution < -0.4 is 25.0 Å². The minimum Gasteiger partial charge on any atom is -0.493 e. The van der Waals surface area contributed by atoms with Gasteiger partial charge in [0.25, 0.3) is 5.91 Å². The lowest BCUT2D eigenvalue weighted by Crippen LogP contribution is -2.44. The molecule has 0 aliphatic carbocycles. The first-order chi connectivity index (χ1) is 14.4. The first-order valence-electron chi connectivity index (χ1n) is 9.48. The number of likely N-dealkylation sites (N-methyl/N-ethyl adjacent to an activating group) is 1. The Balaban J connectivity index is 1.62. The number of amides is 1. The van der Waals surface area contributed by atoms with E-state index in [0.29, 0.717) is 27.8 Å². The number of halogens is 1. The van der Waals surface area contributed by atoms with Crippen LogP contribution in [-0.4, -0.2) is 63.4 Å². The van der Waals surface area contributed by atoms with Gasteiger partial charge in [-0.05, 0) is 55.7 Å². The standard InChI is InChI=1S/C21H25ClN4O3S/c1-25-8-10-26(11-9-25)17-6-5-15(13-16(17)22)23-21(30)24-20(27)14-4-7-18(28-2)19(12-14)29-3/h4-7,12-13H,8-11H2,1-3H3,(H2,23,24,27,30). The summed E-state index contributed by atoms with van der Waals surface area (Å²) in [6.45, 7) is 3.87. The second kappa shape index (κ2) is 9.97. The summed E-state index contributed by atoms with van der Waals surface area (Å²) in [6.07, 6.45) is 0. The number of hydrogen-bond acceptors (Lipinski definition) is 6. The number of nitrogens with zero attached hydrogens (tertiary/aromatic N) is 2. The van der Waals surface area contributed by atoms with Gasteiger partial charge in [0.1, 0.15) is 0 Å². The molecule has 160 valence electrons. The average Bonchev–Trinajstić information content (AvgIpc) is 2.74. The third-order valence-electron chi connectivity index (χ3n) is 4.92. The SMILES string of the molecule is COc1ccc(C(=O)NC(=S)Nc2ccc(N3CCN(C)CC3)c(Cl)c2)cc1OC. The van der Waals surface area contributed by atoms with Gasteiger partial charge < -0.3 is 24.6 Å². The lowest BCUT2D eigenvalue weighted by atomic mass is 10.2. The van der Waals surface area contributed by atoms with Crippen LogP contribution in [0.1, 0.15) is 10.4 Å². The molecule has 0 unspecified atom stereocenters. The van der Waals surface area contributed by atoms with Crippen molar-refractivity contribution in [3.63, 3.8) is 0 Å². The Bertz CT molecular complexity index is 932. The van der Waals surface area contributed by atoms with Crippen molar-refractivity contribution in [3.05, 3.63) is 47.0 Å². The van der Waals surface area contributed by atoms with Crippen molar-refractivity contribution in [2.45, 2.75) is 0 Å². The maximum Gasteiger partial charge on any atom is 0.257 e. The van der Waals surface area contributed by atoms with Gasteiger partial charge in [0.05, 0.1) is 24.9 Å². The van der Waals surface area contributed by atoms with Crippen LogP contribution in [0, 0.1) is 0 Å². The molecule has 2 N–H and O–H groups in total. The summed E-state index contributed by atoms with van der Waals surface area (Å²) < 4.78 is 10.4. The van der Waals surface area contributed by atoms with Gasteiger partial charge in [-0.25, -0.2) is 0 Å². The van der Waals surface area contributed by atoms with E-state index in [1.807, 2.05) is 18.2 Å². The number of thiocarbonyl (C=S) groups is 1. The molecule has 0 spiro atoms. The van der Waals surface area contributed by atoms with E-state index in [2.05, 4.69) is 27.5 Å². The Morgan fingerprint density at radius 1 is 1.03 bits per heavy atom. The molecule has 0 aromatic heterocycles. The zero-order chi connectivity index (χ0) is 21.7. The van der Waals surface area contributed by atoms with Crippen molar-refractivity contribution >= 4 is 46.2 Å². The lowest BCUT2D eigenvalue weighted by Gasteiger charge is -2.34. The maximum atomic E-state index is 12.5. The van der Waals surface area contributed by atoms with Crippen LogP contribution in [0.25, 0.3) is 0 Å². The first-order valence-corrected chi connectivity index (χ1v) is 10.3. The number of rotatable bonds is 5. The van der Waals surface area contributed by atoms with Crippen LogP contribution in [0.2, 0.25) is 5.02 Å². The van der Waals surface area contributed by atoms with Gasteiger partial charge in [-0.15, -0.1) is 0 Å². The van der Waals surface area contributed by atoms with Gasteiger partial charge >= 0.3 is 0 Å². The summed E-state index contributed by atoms with van der Waals surface area (Å²) in [6, 6.07) is 10.6. The maximum absolute atomic E-state index is 12.5. The summed E-state index contributed by atoms with van der Waals surface area (Å²) in [4.78, 5) is 17.1. The summed E-state index contributed by atoms with van der Waals surface area (Å²) in [5.74, 6) is 0.661. The van der Waals surface area contributed by atoms with E-state index in [4.69, 9.17) is 33.3 Å². The number of hydrogen-bond donors (Lipinski definition) is 2. The fraction of sp³-hybridized carbons (Fsp3) is 0.333. The topological polar surface area (TPSA) is 66.1 Å². The highest BCUT2D eigenvalue weighted by Gasteiger charge is 2.17. The Morgan fingerprint density at radius 2 is 1.73 bits per heavy atom. The molecule has 2 aromatic carbocycles. The smallest absolute Gasteiger partial charge is 0.257 e. The van der Waals surface area contributed by atoms with E-state index in [0.717, 1.165) is 31.9 Å². The molecule has 1 fully saturated rings. The first kappa shape index (κ1) is 22.1. The van der Waals surface area contributed by atoms with Crippen molar-refractivity contribution in [3.8, 4) is 11.5 Å². The predicted octanol–water partition coefficient (Wildman–Crippen LogP) is 3.24. The lowest BCUT2D eigenvalue weighted by molar-refractivity contribution is 0.0977. The average molecular weight is 449 g/mol. The molecule has 1 aliphatic rings. The van der Waals surface area contributed by atoms with E-state index in [9.17, 15) is 4.79 Å². The number of benzene rings is 2. The van der Waals surface area contributed by atoms with Gasteiger partial charge in [0.15, 0.2) is 16.6 Å². The summed E-state index contributed by atoms with van der Waals surface area (Å²) in [5.41, 5.74) is 2.10. The van der Waals surface area contributed by atoms with Crippen molar-refractivity contribution in [2.75, 3.05) is 57.7 Å². The number of piperazine rings is 1. The molecule has 1 heterocycles. The Labute approximate surface area is 186 Å². The molecule has 0 saturated carbocycles. The zero-order valence-electron chi connectivity index (χ0n) is 17.2. The molecule has 3 rings (SSSR count). The molecule has 1 aliphatic heterocycles. The number of carbonyl (C=O) groups excluding carboxylic acids is 1. The molecule has 7 nitrogen and oxygen atoms in total. The fourth-order valence-corrected chi connectivity index (χ4v) is 3.71. The van der Waals surface area contributed by atoms with Crippen molar-refractivity contribution < 1.29 is 14.3 Å².